The molecule has 0 heterocycles. The molecule has 1 heteroatoms. The van der Waals surface area contributed by atoms with Crippen molar-refractivity contribution in [2.45, 2.75) is 105 Å². The number of nitrogens with one attached hydrogen (secondary N) is 1. The molecule has 1 N–H and O–H groups in total. The van der Waals surface area contributed by atoms with Crippen LogP contribution < -0.4 is 5.32 Å². The van der Waals surface area contributed by atoms with Gasteiger partial charge in [-0.3, -0.25) is 0 Å². The summed E-state index contributed by atoms with van der Waals surface area (Å²) in [7, 11) is 0. The van der Waals surface area contributed by atoms with E-state index in [1.165, 1.54) is 83.7 Å². The van der Waals surface area contributed by atoms with E-state index in [1.54, 1.807) is 0 Å². The van der Waals surface area contributed by atoms with Crippen LogP contribution in [-0.2, 0) is 0 Å². The second-order valence-corrected chi connectivity index (χ2v) is 7.87. The molecule has 0 aromatic rings. The van der Waals surface area contributed by atoms with Gasteiger partial charge >= 0.3 is 0 Å². The topological polar surface area (TPSA) is 12.0 Å². The van der Waals surface area contributed by atoms with Gasteiger partial charge in [-0.15, -0.1) is 0 Å². The first-order chi connectivity index (χ1) is 10.0. The standard InChI is InChI=1S/C20H43N/c1-6-8-10-11-12-13-15-19(20(3,4)5)16-14-18-21-17-9-7-2/h19,21H,6-18H2,1-5H3. The van der Waals surface area contributed by atoms with Gasteiger partial charge in [-0.2, -0.15) is 0 Å². The maximum absolute atomic E-state index is 3.58. The highest BCUT2D eigenvalue weighted by molar-refractivity contribution is 4.74. The summed E-state index contributed by atoms with van der Waals surface area (Å²) >= 11 is 0. The first-order valence-electron chi connectivity index (χ1n) is 9.73. The molecule has 0 fully saturated rings. The van der Waals surface area contributed by atoms with Crippen LogP contribution in [0.3, 0.4) is 0 Å². The Kier molecular flexibility index (Phi) is 13.6. The molecule has 0 rings (SSSR count). The average molecular weight is 298 g/mol. The zero-order chi connectivity index (χ0) is 16.0. The Morgan fingerprint density at radius 3 is 1.81 bits per heavy atom. The van der Waals surface area contributed by atoms with Crippen LogP contribution in [0.25, 0.3) is 0 Å². The van der Waals surface area contributed by atoms with Crippen molar-refractivity contribution >= 4 is 0 Å². The minimum Gasteiger partial charge on any atom is -0.317 e. The normalized spacial score (nSPS) is 13.6. The molecular weight excluding hydrogens is 254 g/mol. The highest BCUT2D eigenvalue weighted by atomic mass is 14.8. The van der Waals surface area contributed by atoms with Gasteiger partial charge in [0.05, 0.1) is 0 Å². The Balaban J connectivity index is 3.74. The van der Waals surface area contributed by atoms with Gasteiger partial charge in [-0.1, -0.05) is 79.6 Å². The lowest BCUT2D eigenvalue weighted by molar-refractivity contribution is 0.202. The van der Waals surface area contributed by atoms with E-state index in [0.29, 0.717) is 5.41 Å². The third-order valence-electron chi connectivity index (χ3n) is 4.74. The Morgan fingerprint density at radius 1 is 0.667 bits per heavy atom. The summed E-state index contributed by atoms with van der Waals surface area (Å²) in [5.74, 6) is 0.900. The Bertz CT molecular complexity index is 188. The van der Waals surface area contributed by atoms with Crippen molar-refractivity contribution < 1.29 is 0 Å². The quantitative estimate of drug-likeness (QED) is 0.357. The lowest BCUT2D eigenvalue weighted by atomic mass is 9.75. The third kappa shape index (κ3) is 13.4. The zero-order valence-corrected chi connectivity index (χ0v) is 15.8. The molecule has 1 nitrogen and oxygen atoms in total. The van der Waals surface area contributed by atoms with Crippen molar-refractivity contribution in [1.82, 2.24) is 5.32 Å². The Hall–Kier alpha value is -0.0400. The van der Waals surface area contributed by atoms with Gasteiger partial charge in [0.1, 0.15) is 0 Å². The van der Waals surface area contributed by atoms with E-state index in [1.807, 2.05) is 0 Å². The molecule has 0 spiro atoms. The fourth-order valence-electron chi connectivity index (χ4n) is 3.08. The maximum Gasteiger partial charge on any atom is -0.00488 e. The van der Waals surface area contributed by atoms with Crippen LogP contribution in [0.15, 0.2) is 0 Å². The molecule has 0 saturated heterocycles. The second-order valence-electron chi connectivity index (χ2n) is 7.87. The number of unbranched alkanes of at least 4 members (excludes halogenated alkanes) is 6. The molecule has 0 aliphatic carbocycles. The molecule has 0 radical (unpaired) electrons. The van der Waals surface area contributed by atoms with Crippen LogP contribution in [0.5, 0.6) is 0 Å². The molecule has 21 heavy (non-hydrogen) atoms. The lowest BCUT2D eigenvalue weighted by Gasteiger charge is -2.31. The van der Waals surface area contributed by atoms with E-state index in [0.717, 1.165) is 5.92 Å². The predicted molar refractivity (Wildman–Crippen MR) is 97.9 cm³/mol. The number of rotatable bonds is 14. The van der Waals surface area contributed by atoms with E-state index in [-0.39, 0.29) is 0 Å². The van der Waals surface area contributed by atoms with Gasteiger partial charge in [0.15, 0.2) is 0 Å². The summed E-state index contributed by atoms with van der Waals surface area (Å²) in [4.78, 5) is 0. The van der Waals surface area contributed by atoms with Crippen LogP contribution in [0.1, 0.15) is 105 Å². The van der Waals surface area contributed by atoms with Crippen molar-refractivity contribution in [3.05, 3.63) is 0 Å². The summed E-state index contributed by atoms with van der Waals surface area (Å²) < 4.78 is 0. The van der Waals surface area contributed by atoms with E-state index < -0.39 is 0 Å². The summed E-state index contributed by atoms with van der Waals surface area (Å²) in [6.07, 6.45) is 15.4. The van der Waals surface area contributed by atoms with Gasteiger partial charge < -0.3 is 5.32 Å². The van der Waals surface area contributed by atoms with Crippen LogP contribution >= 0.6 is 0 Å². The first-order valence-corrected chi connectivity index (χ1v) is 9.73. The molecule has 0 aliphatic rings. The summed E-state index contributed by atoms with van der Waals surface area (Å²) in [5.41, 5.74) is 0.479. The van der Waals surface area contributed by atoms with Crippen molar-refractivity contribution in [3.63, 3.8) is 0 Å². The van der Waals surface area contributed by atoms with Crippen molar-refractivity contribution in [1.29, 1.82) is 0 Å². The Morgan fingerprint density at radius 2 is 1.19 bits per heavy atom. The summed E-state index contributed by atoms with van der Waals surface area (Å²) in [6, 6.07) is 0. The lowest BCUT2D eigenvalue weighted by Crippen LogP contribution is -2.23. The fourth-order valence-corrected chi connectivity index (χ4v) is 3.08. The molecule has 0 amide bonds. The maximum atomic E-state index is 3.58. The molecule has 0 bridgehead atoms. The van der Waals surface area contributed by atoms with E-state index in [9.17, 15) is 0 Å². The average Bonchev–Trinajstić information content (AvgIpc) is 2.42. The monoisotopic (exact) mass is 297 g/mol. The minimum absolute atomic E-state index is 0.479. The molecule has 0 aromatic heterocycles. The van der Waals surface area contributed by atoms with Gasteiger partial charge in [0.25, 0.3) is 0 Å². The fraction of sp³-hybridized carbons (Fsp3) is 1.00. The smallest absolute Gasteiger partial charge is 0.00488 e. The van der Waals surface area contributed by atoms with Crippen molar-refractivity contribution in [2.75, 3.05) is 13.1 Å². The van der Waals surface area contributed by atoms with Gasteiger partial charge in [-0.05, 0) is 50.1 Å². The zero-order valence-electron chi connectivity index (χ0n) is 15.8. The molecule has 0 saturated carbocycles. The number of hydrogen-bond donors (Lipinski definition) is 1. The van der Waals surface area contributed by atoms with E-state index in [4.69, 9.17) is 0 Å². The van der Waals surface area contributed by atoms with Crippen LogP contribution in [0.2, 0.25) is 0 Å². The molecule has 0 aliphatic heterocycles. The van der Waals surface area contributed by atoms with Gasteiger partial charge in [0, 0.05) is 0 Å². The second kappa shape index (κ2) is 13.6. The van der Waals surface area contributed by atoms with Crippen LogP contribution in [-0.4, -0.2) is 13.1 Å². The summed E-state index contributed by atoms with van der Waals surface area (Å²) in [5, 5.41) is 3.58. The van der Waals surface area contributed by atoms with Gasteiger partial charge in [-0.25, -0.2) is 0 Å². The van der Waals surface area contributed by atoms with E-state index >= 15 is 0 Å². The highest BCUT2D eigenvalue weighted by Gasteiger charge is 2.23. The molecule has 0 aromatic carbocycles. The minimum atomic E-state index is 0.479. The highest BCUT2D eigenvalue weighted by Crippen LogP contribution is 2.33. The van der Waals surface area contributed by atoms with Crippen LogP contribution in [0, 0.1) is 11.3 Å². The van der Waals surface area contributed by atoms with Crippen molar-refractivity contribution in [3.8, 4) is 0 Å². The molecule has 1 atom stereocenters. The number of hydrogen-bond acceptors (Lipinski definition) is 1. The predicted octanol–water partition coefficient (Wildman–Crippen LogP) is 6.57. The third-order valence-corrected chi connectivity index (χ3v) is 4.74. The Labute approximate surface area is 135 Å². The molecule has 128 valence electrons. The van der Waals surface area contributed by atoms with E-state index in [2.05, 4.69) is 39.9 Å². The SMILES string of the molecule is CCCCCCCCC(CCCNCCCC)C(C)(C)C. The first kappa shape index (κ1) is 21.0. The molecule has 1 unspecified atom stereocenters. The van der Waals surface area contributed by atoms with Gasteiger partial charge in [0.2, 0.25) is 0 Å². The van der Waals surface area contributed by atoms with Crippen molar-refractivity contribution in [2.24, 2.45) is 11.3 Å². The largest absolute Gasteiger partial charge is 0.317 e. The molecular formula is C20H43N. The summed E-state index contributed by atoms with van der Waals surface area (Å²) in [6.45, 7) is 14.3. The van der Waals surface area contributed by atoms with Crippen LogP contribution in [0.4, 0.5) is 0 Å².